The molecule has 1 aromatic carbocycles. The Bertz CT molecular complexity index is 1120. The van der Waals surface area contributed by atoms with Gasteiger partial charge in [-0.15, -0.1) is 0 Å². The summed E-state index contributed by atoms with van der Waals surface area (Å²) in [7, 11) is -3.55. The molecule has 3 aromatic rings. The van der Waals surface area contributed by atoms with E-state index in [0.717, 1.165) is 16.5 Å². The number of aromatic nitrogens is 2. The predicted octanol–water partition coefficient (Wildman–Crippen LogP) is 2.39. The van der Waals surface area contributed by atoms with E-state index < -0.39 is 10.0 Å². The van der Waals surface area contributed by atoms with E-state index in [1.165, 1.54) is 10.5 Å². The Kier molecular flexibility index (Phi) is 6.06. The van der Waals surface area contributed by atoms with Crippen LogP contribution in [0.3, 0.4) is 0 Å². The average molecular weight is 425 g/mol. The number of nitrogens with one attached hydrogen (secondary N) is 1. The first-order chi connectivity index (χ1) is 14.6. The number of pyridine rings is 2. The highest BCUT2D eigenvalue weighted by Gasteiger charge is 2.32. The van der Waals surface area contributed by atoms with Crippen LogP contribution < -0.4 is 5.32 Å². The molecule has 0 unspecified atom stereocenters. The maximum atomic E-state index is 12.7. The minimum Gasteiger partial charge on any atom is -0.356 e. The summed E-state index contributed by atoms with van der Waals surface area (Å²) in [5, 5.41) is 4.09. The van der Waals surface area contributed by atoms with E-state index >= 15 is 0 Å². The van der Waals surface area contributed by atoms with Crippen LogP contribution in [0.2, 0.25) is 0 Å². The van der Waals surface area contributed by atoms with Crippen molar-refractivity contribution in [3.05, 3.63) is 66.6 Å². The molecule has 0 bridgehead atoms. The molecule has 1 N–H and O–H groups in total. The van der Waals surface area contributed by atoms with Crippen molar-refractivity contribution in [3.63, 3.8) is 0 Å². The van der Waals surface area contributed by atoms with Crippen LogP contribution in [-0.2, 0) is 21.2 Å². The Morgan fingerprint density at radius 2 is 1.83 bits per heavy atom. The van der Waals surface area contributed by atoms with Gasteiger partial charge in [0, 0.05) is 49.5 Å². The molecule has 1 saturated heterocycles. The van der Waals surface area contributed by atoms with Gasteiger partial charge in [-0.2, -0.15) is 4.31 Å². The van der Waals surface area contributed by atoms with Crippen molar-refractivity contribution in [2.75, 3.05) is 19.6 Å². The number of rotatable bonds is 6. The number of piperidine rings is 1. The number of carbonyl (C=O) groups is 1. The van der Waals surface area contributed by atoms with E-state index in [4.69, 9.17) is 0 Å². The van der Waals surface area contributed by atoms with E-state index in [9.17, 15) is 13.2 Å². The van der Waals surface area contributed by atoms with Gasteiger partial charge in [-0.1, -0.05) is 24.3 Å². The Morgan fingerprint density at radius 1 is 1.07 bits per heavy atom. The fourth-order valence-electron chi connectivity index (χ4n) is 3.84. The minimum absolute atomic E-state index is 0.0124. The van der Waals surface area contributed by atoms with Crippen molar-refractivity contribution in [2.45, 2.75) is 24.2 Å². The summed E-state index contributed by atoms with van der Waals surface area (Å²) < 4.78 is 26.8. The summed E-state index contributed by atoms with van der Waals surface area (Å²) in [4.78, 5) is 21.1. The highest BCUT2D eigenvalue weighted by atomic mass is 32.2. The number of hydrogen-bond acceptors (Lipinski definition) is 5. The molecule has 1 fully saturated rings. The molecule has 8 heteroatoms. The molecule has 0 saturated carbocycles. The lowest BCUT2D eigenvalue weighted by molar-refractivity contribution is -0.126. The summed E-state index contributed by atoms with van der Waals surface area (Å²) in [5.41, 5.74) is 2.06. The van der Waals surface area contributed by atoms with Crippen LogP contribution in [0.1, 0.15) is 18.4 Å². The number of nitrogens with zero attached hydrogens (tertiary/aromatic N) is 3. The summed E-state index contributed by atoms with van der Waals surface area (Å²) in [6.07, 6.45) is 6.41. The molecule has 2 aromatic heterocycles. The van der Waals surface area contributed by atoms with Gasteiger partial charge in [0.15, 0.2) is 0 Å². The van der Waals surface area contributed by atoms with Crippen molar-refractivity contribution in [2.24, 2.45) is 5.92 Å². The monoisotopic (exact) mass is 424 g/mol. The van der Waals surface area contributed by atoms with Gasteiger partial charge >= 0.3 is 0 Å². The zero-order chi connectivity index (χ0) is 21.0. The maximum Gasteiger partial charge on any atom is 0.244 e. The number of amides is 1. The van der Waals surface area contributed by atoms with Gasteiger partial charge in [0.1, 0.15) is 4.90 Å². The third kappa shape index (κ3) is 4.34. The first-order valence-corrected chi connectivity index (χ1v) is 11.5. The standard InChI is InChI=1S/C22H24N4O3S/c27-22(25-13-8-18-5-1-4-17-6-2-12-24-21(17)18)19-9-14-26(15-10-19)30(28,29)20-7-3-11-23-16-20/h1-7,11-12,16,19H,8-10,13-15H2,(H,25,27). The third-order valence-corrected chi connectivity index (χ3v) is 7.39. The summed E-state index contributed by atoms with van der Waals surface area (Å²) >= 11 is 0. The fraction of sp³-hybridized carbons (Fsp3) is 0.318. The Hall–Kier alpha value is -2.84. The topological polar surface area (TPSA) is 92.3 Å². The van der Waals surface area contributed by atoms with E-state index in [0.29, 0.717) is 38.9 Å². The van der Waals surface area contributed by atoms with E-state index in [1.54, 1.807) is 24.5 Å². The zero-order valence-corrected chi connectivity index (χ0v) is 17.4. The second-order valence-electron chi connectivity index (χ2n) is 7.40. The second kappa shape index (κ2) is 8.89. The van der Waals surface area contributed by atoms with Crippen molar-refractivity contribution < 1.29 is 13.2 Å². The molecule has 0 atom stereocenters. The van der Waals surface area contributed by atoms with Crippen LogP contribution in [-0.4, -0.2) is 48.2 Å². The van der Waals surface area contributed by atoms with Crippen LogP contribution >= 0.6 is 0 Å². The largest absolute Gasteiger partial charge is 0.356 e. The first kappa shape index (κ1) is 20.4. The first-order valence-electron chi connectivity index (χ1n) is 10.1. The van der Waals surface area contributed by atoms with Gasteiger partial charge in [0.2, 0.25) is 15.9 Å². The lowest BCUT2D eigenvalue weighted by atomic mass is 9.97. The quantitative estimate of drug-likeness (QED) is 0.656. The smallest absolute Gasteiger partial charge is 0.244 e. The van der Waals surface area contributed by atoms with Gasteiger partial charge < -0.3 is 5.32 Å². The van der Waals surface area contributed by atoms with E-state index in [-0.39, 0.29) is 16.7 Å². The van der Waals surface area contributed by atoms with Gasteiger partial charge in [0.25, 0.3) is 0 Å². The molecule has 1 aliphatic heterocycles. The van der Waals surface area contributed by atoms with Crippen LogP contribution in [0.25, 0.3) is 10.9 Å². The van der Waals surface area contributed by atoms with E-state index in [1.807, 2.05) is 30.3 Å². The molecular formula is C22H24N4O3S. The van der Waals surface area contributed by atoms with Crippen molar-refractivity contribution in [1.82, 2.24) is 19.6 Å². The summed E-state index contributed by atoms with van der Waals surface area (Å²) in [6.45, 7) is 1.20. The fourth-order valence-corrected chi connectivity index (χ4v) is 5.28. The predicted molar refractivity (Wildman–Crippen MR) is 114 cm³/mol. The number of fused-ring (bicyclic) bond motifs is 1. The number of hydrogen-bond donors (Lipinski definition) is 1. The van der Waals surface area contributed by atoms with Crippen LogP contribution in [0.5, 0.6) is 0 Å². The molecule has 3 heterocycles. The Morgan fingerprint density at radius 3 is 2.60 bits per heavy atom. The van der Waals surface area contributed by atoms with E-state index in [2.05, 4.69) is 15.3 Å². The van der Waals surface area contributed by atoms with Crippen molar-refractivity contribution >= 4 is 26.8 Å². The third-order valence-electron chi connectivity index (χ3n) is 5.51. The maximum absolute atomic E-state index is 12.7. The van der Waals surface area contributed by atoms with Gasteiger partial charge in [-0.25, -0.2) is 8.42 Å². The van der Waals surface area contributed by atoms with Gasteiger partial charge in [0.05, 0.1) is 5.52 Å². The highest BCUT2D eigenvalue weighted by molar-refractivity contribution is 7.89. The van der Waals surface area contributed by atoms with Crippen LogP contribution in [0.4, 0.5) is 0 Å². The minimum atomic E-state index is -3.55. The van der Waals surface area contributed by atoms with Gasteiger partial charge in [-0.3, -0.25) is 14.8 Å². The second-order valence-corrected chi connectivity index (χ2v) is 9.34. The summed E-state index contributed by atoms with van der Waals surface area (Å²) in [6, 6.07) is 13.1. The molecule has 30 heavy (non-hydrogen) atoms. The van der Waals surface area contributed by atoms with Crippen molar-refractivity contribution in [1.29, 1.82) is 0 Å². The molecule has 0 aliphatic carbocycles. The average Bonchev–Trinajstić information content (AvgIpc) is 2.80. The molecule has 0 radical (unpaired) electrons. The SMILES string of the molecule is O=C(NCCc1cccc2cccnc12)C1CCN(S(=O)(=O)c2cccnc2)CC1. The molecule has 0 spiro atoms. The van der Waals surface area contributed by atoms with Crippen molar-refractivity contribution in [3.8, 4) is 0 Å². The lowest BCUT2D eigenvalue weighted by Crippen LogP contribution is -2.43. The molecule has 156 valence electrons. The highest BCUT2D eigenvalue weighted by Crippen LogP contribution is 2.23. The van der Waals surface area contributed by atoms with Crippen LogP contribution in [0, 0.1) is 5.92 Å². The molecule has 1 aliphatic rings. The normalized spacial score (nSPS) is 15.9. The molecule has 4 rings (SSSR count). The lowest BCUT2D eigenvalue weighted by Gasteiger charge is -2.30. The molecule has 7 nitrogen and oxygen atoms in total. The van der Waals surface area contributed by atoms with Gasteiger partial charge in [-0.05, 0) is 43.0 Å². The molecule has 1 amide bonds. The summed E-state index contributed by atoms with van der Waals surface area (Å²) in [5.74, 6) is -0.183. The Balaban J connectivity index is 1.30. The molecular weight excluding hydrogens is 400 g/mol. The van der Waals surface area contributed by atoms with Crippen LogP contribution in [0.15, 0.2) is 66.0 Å². The number of carbonyl (C=O) groups excluding carboxylic acids is 1. The number of sulfonamides is 1. The number of benzene rings is 1. The zero-order valence-electron chi connectivity index (χ0n) is 16.6. The Labute approximate surface area is 176 Å². The number of para-hydroxylation sites is 1.